The number of benzene rings is 1. The maximum atomic E-state index is 12.2. The first-order valence-corrected chi connectivity index (χ1v) is 7.01. The van der Waals surface area contributed by atoms with Crippen LogP contribution >= 0.6 is 0 Å². The summed E-state index contributed by atoms with van der Waals surface area (Å²) in [6.07, 6.45) is 3.57. The maximum Gasteiger partial charge on any atom is 0.331 e. The van der Waals surface area contributed by atoms with Crippen LogP contribution in [-0.4, -0.2) is 18.6 Å². The Bertz CT molecular complexity index is 400. The van der Waals surface area contributed by atoms with Gasteiger partial charge >= 0.3 is 5.97 Å². The van der Waals surface area contributed by atoms with E-state index in [1.807, 2.05) is 38.1 Å². The molecular weight excluding hydrogens is 238 g/mol. The van der Waals surface area contributed by atoms with Crippen LogP contribution in [0.4, 0.5) is 5.69 Å². The average Bonchev–Trinajstić information content (AvgIpc) is 2.45. The molecule has 0 fully saturated rings. The molecule has 3 nitrogen and oxygen atoms in total. The number of hydrogen-bond acceptors (Lipinski definition) is 3. The van der Waals surface area contributed by atoms with Crippen LogP contribution in [0, 0.1) is 6.92 Å². The zero-order valence-corrected chi connectivity index (χ0v) is 12.5. The Labute approximate surface area is 116 Å². The van der Waals surface area contributed by atoms with Crippen LogP contribution in [0.2, 0.25) is 0 Å². The molecule has 0 aromatic heterocycles. The summed E-state index contributed by atoms with van der Waals surface area (Å²) in [7, 11) is 1.45. The Morgan fingerprint density at radius 3 is 2.37 bits per heavy atom. The molecule has 1 rings (SSSR count). The van der Waals surface area contributed by atoms with E-state index < -0.39 is 5.54 Å². The molecule has 0 bridgehead atoms. The van der Waals surface area contributed by atoms with E-state index in [1.54, 1.807) is 0 Å². The van der Waals surface area contributed by atoms with Crippen molar-refractivity contribution < 1.29 is 9.53 Å². The number of rotatable bonds is 7. The van der Waals surface area contributed by atoms with Crippen molar-refractivity contribution in [1.82, 2.24) is 0 Å². The number of hydrogen-bond donors (Lipinski definition) is 1. The van der Waals surface area contributed by atoms with Crippen molar-refractivity contribution >= 4 is 11.7 Å². The van der Waals surface area contributed by atoms with Crippen molar-refractivity contribution in [3.8, 4) is 0 Å². The van der Waals surface area contributed by atoms with Gasteiger partial charge in [-0.3, -0.25) is 0 Å². The summed E-state index contributed by atoms with van der Waals surface area (Å²) in [5.41, 5.74) is 1.56. The van der Waals surface area contributed by atoms with Gasteiger partial charge in [0.1, 0.15) is 5.54 Å². The summed E-state index contributed by atoms with van der Waals surface area (Å²) in [4.78, 5) is 12.2. The van der Waals surface area contributed by atoms with Crippen molar-refractivity contribution in [2.75, 3.05) is 12.4 Å². The van der Waals surface area contributed by atoms with Crippen molar-refractivity contribution in [1.29, 1.82) is 0 Å². The van der Waals surface area contributed by atoms with E-state index in [-0.39, 0.29) is 5.97 Å². The highest BCUT2D eigenvalue weighted by Gasteiger charge is 2.37. The molecule has 106 valence electrons. The van der Waals surface area contributed by atoms with E-state index in [0.29, 0.717) is 6.42 Å². The molecule has 19 heavy (non-hydrogen) atoms. The minimum atomic E-state index is -0.611. The van der Waals surface area contributed by atoms with Gasteiger partial charge in [0, 0.05) is 5.69 Å². The predicted molar refractivity (Wildman–Crippen MR) is 79.4 cm³/mol. The zero-order valence-electron chi connectivity index (χ0n) is 12.5. The van der Waals surface area contributed by atoms with Gasteiger partial charge in [0.2, 0.25) is 0 Å². The first-order chi connectivity index (χ1) is 9.07. The van der Waals surface area contributed by atoms with Crippen LogP contribution in [-0.2, 0) is 9.53 Å². The Kier molecular flexibility index (Phi) is 5.87. The largest absolute Gasteiger partial charge is 0.467 e. The molecule has 3 heteroatoms. The molecule has 0 radical (unpaired) electrons. The molecule has 0 amide bonds. The highest BCUT2D eigenvalue weighted by molar-refractivity contribution is 5.84. The fourth-order valence-electron chi connectivity index (χ4n) is 2.21. The Balaban J connectivity index is 2.94. The fraction of sp³-hybridized carbons (Fsp3) is 0.562. The molecule has 0 spiro atoms. The van der Waals surface area contributed by atoms with Gasteiger partial charge in [0.05, 0.1) is 7.11 Å². The molecule has 0 saturated carbocycles. The molecule has 1 aromatic rings. The predicted octanol–water partition coefficient (Wildman–Crippen LogP) is 3.92. The van der Waals surface area contributed by atoms with Gasteiger partial charge in [0.15, 0.2) is 0 Å². The summed E-state index contributed by atoms with van der Waals surface area (Å²) in [5, 5.41) is 3.38. The number of anilines is 1. The summed E-state index contributed by atoms with van der Waals surface area (Å²) >= 11 is 0. The Hall–Kier alpha value is -1.51. The molecule has 1 unspecified atom stereocenters. The standard InChI is InChI=1S/C16H25NO2/c1-5-7-12-16(6-2,15(18)19-4)17-14-10-8-13(3)9-11-14/h8-11,17H,5-7,12H2,1-4H3. The molecule has 1 atom stereocenters. The van der Waals surface area contributed by atoms with Gasteiger partial charge in [-0.2, -0.15) is 0 Å². The van der Waals surface area contributed by atoms with E-state index >= 15 is 0 Å². The molecule has 0 heterocycles. The van der Waals surface area contributed by atoms with Gasteiger partial charge < -0.3 is 10.1 Å². The van der Waals surface area contributed by atoms with Gasteiger partial charge in [-0.15, -0.1) is 0 Å². The average molecular weight is 263 g/mol. The van der Waals surface area contributed by atoms with Crippen molar-refractivity contribution in [2.24, 2.45) is 0 Å². The minimum absolute atomic E-state index is 0.177. The zero-order chi connectivity index (χ0) is 14.3. The van der Waals surface area contributed by atoms with E-state index in [4.69, 9.17) is 4.74 Å². The smallest absolute Gasteiger partial charge is 0.331 e. The number of ether oxygens (including phenoxy) is 1. The maximum absolute atomic E-state index is 12.2. The van der Waals surface area contributed by atoms with Crippen LogP contribution < -0.4 is 5.32 Å². The number of aryl methyl sites for hydroxylation is 1. The Morgan fingerprint density at radius 1 is 1.26 bits per heavy atom. The number of carbonyl (C=O) groups is 1. The summed E-state index contributed by atoms with van der Waals surface area (Å²) in [6, 6.07) is 8.10. The first kappa shape index (κ1) is 15.5. The summed E-state index contributed by atoms with van der Waals surface area (Å²) in [5.74, 6) is -0.177. The number of methoxy groups -OCH3 is 1. The highest BCUT2D eigenvalue weighted by Crippen LogP contribution is 2.26. The number of carbonyl (C=O) groups excluding carboxylic acids is 1. The quantitative estimate of drug-likeness (QED) is 0.758. The SMILES string of the molecule is CCCCC(CC)(Nc1ccc(C)cc1)C(=O)OC. The van der Waals surface area contributed by atoms with Crippen LogP contribution in [0.1, 0.15) is 45.1 Å². The minimum Gasteiger partial charge on any atom is -0.467 e. The topological polar surface area (TPSA) is 38.3 Å². The van der Waals surface area contributed by atoms with E-state index in [1.165, 1.54) is 12.7 Å². The van der Waals surface area contributed by atoms with Gasteiger partial charge in [-0.05, 0) is 31.9 Å². The van der Waals surface area contributed by atoms with Crippen molar-refractivity contribution in [3.05, 3.63) is 29.8 Å². The molecular formula is C16H25NO2. The molecule has 1 aromatic carbocycles. The number of nitrogens with one attached hydrogen (secondary N) is 1. The van der Waals surface area contributed by atoms with Crippen LogP contribution in [0.25, 0.3) is 0 Å². The molecule has 0 aliphatic heterocycles. The van der Waals surface area contributed by atoms with Gasteiger partial charge in [-0.1, -0.05) is 44.4 Å². The summed E-state index contributed by atoms with van der Waals surface area (Å²) < 4.78 is 5.00. The molecule has 1 N–H and O–H groups in total. The monoisotopic (exact) mass is 263 g/mol. The van der Waals surface area contributed by atoms with E-state index in [2.05, 4.69) is 12.2 Å². The normalized spacial score (nSPS) is 13.7. The van der Waals surface area contributed by atoms with Crippen LogP contribution in [0.15, 0.2) is 24.3 Å². The second-order valence-electron chi connectivity index (χ2n) is 5.02. The lowest BCUT2D eigenvalue weighted by Gasteiger charge is -2.32. The lowest BCUT2D eigenvalue weighted by Crippen LogP contribution is -2.46. The third-order valence-corrected chi connectivity index (χ3v) is 3.57. The molecule has 0 saturated heterocycles. The van der Waals surface area contributed by atoms with Crippen molar-refractivity contribution in [3.63, 3.8) is 0 Å². The van der Waals surface area contributed by atoms with Gasteiger partial charge in [-0.25, -0.2) is 4.79 Å². The van der Waals surface area contributed by atoms with E-state index in [0.717, 1.165) is 24.9 Å². The van der Waals surface area contributed by atoms with Crippen LogP contribution in [0.5, 0.6) is 0 Å². The van der Waals surface area contributed by atoms with E-state index in [9.17, 15) is 4.79 Å². The third-order valence-electron chi connectivity index (χ3n) is 3.57. The summed E-state index contributed by atoms with van der Waals surface area (Å²) in [6.45, 7) is 6.20. The lowest BCUT2D eigenvalue weighted by molar-refractivity contribution is -0.146. The Morgan fingerprint density at radius 2 is 1.89 bits per heavy atom. The van der Waals surface area contributed by atoms with Crippen LogP contribution in [0.3, 0.4) is 0 Å². The number of unbranched alkanes of at least 4 members (excludes halogenated alkanes) is 1. The van der Waals surface area contributed by atoms with Crippen molar-refractivity contribution in [2.45, 2.75) is 52.0 Å². The highest BCUT2D eigenvalue weighted by atomic mass is 16.5. The fourth-order valence-corrected chi connectivity index (χ4v) is 2.21. The second-order valence-corrected chi connectivity index (χ2v) is 5.02. The van der Waals surface area contributed by atoms with Gasteiger partial charge in [0.25, 0.3) is 0 Å². The third kappa shape index (κ3) is 3.98. The first-order valence-electron chi connectivity index (χ1n) is 7.01. The molecule has 0 aliphatic rings. The lowest BCUT2D eigenvalue weighted by atomic mass is 9.89. The number of esters is 1. The second kappa shape index (κ2) is 7.17. The molecule has 0 aliphatic carbocycles.